The van der Waals surface area contributed by atoms with Crippen LogP contribution in [0.15, 0.2) is 0 Å². The van der Waals surface area contributed by atoms with Crippen LogP contribution in [0, 0.1) is 0 Å². The number of hydrogen-bond acceptors (Lipinski definition) is 4. The van der Waals surface area contributed by atoms with Crippen molar-refractivity contribution in [2.24, 2.45) is 0 Å². The van der Waals surface area contributed by atoms with Gasteiger partial charge in [0.05, 0.1) is 0 Å². The van der Waals surface area contributed by atoms with Crippen molar-refractivity contribution in [3.63, 3.8) is 0 Å². The summed E-state index contributed by atoms with van der Waals surface area (Å²) < 4.78 is 0. The zero-order chi connectivity index (χ0) is 11.8. The van der Waals surface area contributed by atoms with Crippen LogP contribution in [0.3, 0.4) is 0 Å². The fourth-order valence-electron chi connectivity index (χ4n) is 3.88. The lowest BCUT2D eigenvalue weighted by Crippen LogP contribution is -2.60. The normalized spacial score (nSPS) is 44.1. The molecule has 0 radical (unpaired) electrons. The molecule has 0 aromatic rings. The first-order valence-corrected chi connectivity index (χ1v) is 8.31. The highest BCUT2D eigenvalue weighted by Crippen LogP contribution is 2.29. The van der Waals surface area contributed by atoms with E-state index in [0.29, 0.717) is 0 Å². The minimum atomic E-state index is 0.740. The summed E-state index contributed by atoms with van der Waals surface area (Å²) in [7, 11) is 0. The van der Waals surface area contributed by atoms with E-state index in [-0.39, 0.29) is 0 Å². The van der Waals surface area contributed by atoms with E-state index >= 15 is 0 Å². The molecule has 4 heteroatoms. The second-order valence-electron chi connectivity index (χ2n) is 5.84. The molecule has 3 rings (SSSR count). The molecule has 0 bridgehead atoms. The monoisotopic (exact) mass is 255 g/mol. The lowest BCUT2D eigenvalue weighted by Gasteiger charge is -2.46. The molecule has 4 atom stereocenters. The molecule has 4 unspecified atom stereocenters. The number of nitrogens with zero attached hydrogens (tertiary/aromatic N) is 2. The molecule has 3 aliphatic heterocycles. The first kappa shape index (κ1) is 12.3. The molecule has 0 aromatic heterocycles. The molecule has 3 nitrogen and oxygen atoms in total. The van der Waals surface area contributed by atoms with Crippen LogP contribution in [-0.2, 0) is 0 Å². The molecular weight excluding hydrogens is 230 g/mol. The number of thioether (sulfide) groups is 1. The van der Waals surface area contributed by atoms with Gasteiger partial charge in [-0.25, -0.2) is 0 Å². The molecule has 3 fully saturated rings. The van der Waals surface area contributed by atoms with Crippen molar-refractivity contribution < 1.29 is 0 Å². The van der Waals surface area contributed by atoms with E-state index < -0.39 is 0 Å². The molecule has 3 aliphatic rings. The standard InChI is InChI=1S/C13H25N3S/c1-10-8-15-5-3-4-11(15)9-16(10)12-6-14-7-13(12)17-2/h10-14H,3-9H2,1-2H3. The van der Waals surface area contributed by atoms with Crippen LogP contribution in [0.4, 0.5) is 0 Å². The number of piperazine rings is 1. The third-order valence-electron chi connectivity index (χ3n) is 4.84. The zero-order valence-corrected chi connectivity index (χ0v) is 11.9. The van der Waals surface area contributed by atoms with E-state index in [4.69, 9.17) is 0 Å². The Kier molecular flexibility index (Phi) is 3.67. The number of fused-ring (bicyclic) bond motifs is 1. The smallest absolute Gasteiger partial charge is 0.0355 e. The summed E-state index contributed by atoms with van der Waals surface area (Å²) in [6.45, 7) is 8.76. The van der Waals surface area contributed by atoms with Gasteiger partial charge in [0.1, 0.15) is 0 Å². The fraction of sp³-hybridized carbons (Fsp3) is 1.00. The summed E-state index contributed by atoms with van der Waals surface area (Å²) in [6, 6.07) is 2.36. The predicted molar refractivity (Wildman–Crippen MR) is 74.7 cm³/mol. The van der Waals surface area contributed by atoms with Crippen LogP contribution >= 0.6 is 11.8 Å². The minimum absolute atomic E-state index is 0.740. The highest BCUT2D eigenvalue weighted by atomic mass is 32.2. The van der Waals surface area contributed by atoms with Gasteiger partial charge in [-0.05, 0) is 32.6 Å². The van der Waals surface area contributed by atoms with Crippen molar-refractivity contribution >= 4 is 11.8 Å². The first-order chi connectivity index (χ1) is 8.29. The number of hydrogen-bond donors (Lipinski definition) is 1. The molecule has 98 valence electrons. The summed E-state index contributed by atoms with van der Waals surface area (Å²) in [5.41, 5.74) is 0. The summed E-state index contributed by atoms with van der Waals surface area (Å²) in [4.78, 5) is 5.52. The number of rotatable bonds is 2. The second-order valence-corrected chi connectivity index (χ2v) is 6.91. The molecule has 0 aromatic carbocycles. The predicted octanol–water partition coefficient (Wildman–Crippen LogP) is 0.858. The highest BCUT2D eigenvalue weighted by Gasteiger charge is 2.40. The van der Waals surface area contributed by atoms with Crippen LogP contribution in [0.2, 0.25) is 0 Å². The van der Waals surface area contributed by atoms with E-state index in [2.05, 4.69) is 28.3 Å². The van der Waals surface area contributed by atoms with E-state index in [9.17, 15) is 0 Å². The summed E-state index contributed by atoms with van der Waals surface area (Å²) in [5, 5.41) is 4.37. The molecule has 0 spiro atoms. The molecule has 17 heavy (non-hydrogen) atoms. The second kappa shape index (κ2) is 5.08. The summed E-state index contributed by atoms with van der Waals surface area (Å²) in [6.07, 6.45) is 5.11. The van der Waals surface area contributed by atoms with Gasteiger partial charge in [0, 0.05) is 49.6 Å². The molecule has 0 aliphatic carbocycles. The molecule has 1 N–H and O–H groups in total. The van der Waals surface area contributed by atoms with Gasteiger partial charge < -0.3 is 5.32 Å². The molecule has 3 heterocycles. The van der Waals surface area contributed by atoms with E-state index in [1.54, 1.807) is 0 Å². The van der Waals surface area contributed by atoms with Gasteiger partial charge in [0.15, 0.2) is 0 Å². The van der Waals surface area contributed by atoms with Gasteiger partial charge in [-0.1, -0.05) is 0 Å². The van der Waals surface area contributed by atoms with Gasteiger partial charge >= 0.3 is 0 Å². The van der Waals surface area contributed by atoms with Gasteiger partial charge in [-0.3, -0.25) is 9.80 Å². The minimum Gasteiger partial charge on any atom is -0.314 e. The van der Waals surface area contributed by atoms with E-state index in [1.165, 1.54) is 45.6 Å². The van der Waals surface area contributed by atoms with Gasteiger partial charge in [0.2, 0.25) is 0 Å². The van der Waals surface area contributed by atoms with Gasteiger partial charge in [-0.2, -0.15) is 11.8 Å². The fourth-order valence-corrected chi connectivity index (χ4v) is 4.74. The zero-order valence-electron chi connectivity index (χ0n) is 11.1. The van der Waals surface area contributed by atoms with Crippen molar-refractivity contribution in [1.82, 2.24) is 15.1 Å². The Hall–Kier alpha value is 0.230. The van der Waals surface area contributed by atoms with Crippen molar-refractivity contribution in [2.75, 3.05) is 39.0 Å². The summed E-state index contributed by atoms with van der Waals surface area (Å²) in [5.74, 6) is 0. The quantitative estimate of drug-likeness (QED) is 0.788. The van der Waals surface area contributed by atoms with Crippen molar-refractivity contribution in [2.45, 2.75) is 43.1 Å². The van der Waals surface area contributed by atoms with Crippen molar-refractivity contribution in [3.05, 3.63) is 0 Å². The van der Waals surface area contributed by atoms with Crippen LogP contribution in [0.25, 0.3) is 0 Å². The Morgan fingerprint density at radius 3 is 2.94 bits per heavy atom. The van der Waals surface area contributed by atoms with E-state index in [0.717, 1.165) is 23.4 Å². The molecule has 3 saturated heterocycles. The Bertz CT molecular complexity index is 273. The maximum atomic E-state index is 3.57. The van der Waals surface area contributed by atoms with Crippen LogP contribution < -0.4 is 5.32 Å². The average molecular weight is 255 g/mol. The number of nitrogens with one attached hydrogen (secondary N) is 1. The van der Waals surface area contributed by atoms with Crippen LogP contribution in [0.1, 0.15) is 19.8 Å². The van der Waals surface area contributed by atoms with Gasteiger partial charge in [-0.15, -0.1) is 0 Å². The average Bonchev–Trinajstić information content (AvgIpc) is 2.94. The third-order valence-corrected chi connectivity index (χ3v) is 5.93. The highest BCUT2D eigenvalue weighted by molar-refractivity contribution is 7.99. The van der Waals surface area contributed by atoms with Gasteiger partial charge in [0.25, 0.3) is 0 Å². The van der Waals surface area contributed by atoms with Crippen LogP contribution in [0.5, 0.6) is 0 Å². The third kappa shape index (κ3) is 2.25. The summed E-state index contributed by atoms with van der Waals surface area (Å²) >= 11 is 2.04. The Balaban J connectivity index is 1.69. The Labute approximate surface area is 109 Å². The Morgan fingerprint density at radius 1 is 1.24 bits per heavy atom. The molecule has 0 amide bonds. The maximum Gasteiger partial charge on any atom is 0.0355 e. The van der Waals surface area contributed by atoms with Crippen molar-refractivity contribution in [1.29, 1.82) is 0 Å². The van der Waals surface area contributed by atoms with Crippen LogP contribution in [-0.4, -0.2) is 72.2 Å². The Morgan fingerprint density at radius 2 is 2.12 bits per heavy atom. The lowest BCUT2D eigenvalue weighted by molar-refractivity contribution is 0.0349. The molecule has 0 saturated carbocycles. The topological polar surface area (TPSA) is 18.5 Å². The lowest BCUT2D eigenvalue weighted by atomic mass is 10.0. The van der Waals surface area contributed by atoms with Crippen molar-refractivity contribution in [3.8, 4) is 0 Å². The largest absolute Gasteiger partial charge is 0.314 e. The SMILES string of the molecule is CSC1CNCC1N1CC2CCCN2CC1C. The molecular formula is C13H25N3S. The maximum absolute atomic E-state index is 3.57. The van der Waals surface area contributed by atoms with E-state index in [1.807, 2.05) is 11.8 Å². The first-order valence-electron chi connectivity index (χ1n) is 7.03.